The molecule has 0 radical (unpaired) electrons. The van der Waals surface area contributed by atoms with Gasteiger partial charge in [-0.05, 0) is 24.5 Å². The molecule has 1 aromatic rings. The lowest BCUT2D eigenvalue weighted by Gasteiger charge is -2.06. The number of methoxy groups -OCH3 is 1. The van der Waals surface area contributed by atoms with Crippen LogP contribution in [0.1, 0.15) is 37.0 Å². The van der Waals surface area contributed by atoms with E-state index >= 15 is 0 Å². The summed E-state index contributed by atoms with van der Waals surface area (Å²) in [7, 11) is 1.53. The van der Waals surface area contributed by atoms with Gasteiger partial charge < -0.3 is 4.74 Å². The molecule has 0 saturated heterocycles. The molecule has 0 bridgehead atoms. The van der Waals surface area contributed by atoms with Crippen molar-refractivity contribution in [3.63, 3.8) is 0 Å². The molecule has 0 aliphatic heterocycles. The van der Waals surface area contributed by atoms with Crippen molar-refractivity contribution >= 4 is 5.78 Å². The molecule has 0 atom stereocenters. The third-order valence-corrected chi connectivity index (χ3v) is 2.21. The van der Waals surface area contributed by atoms with Gasteiger partial charge >= 0.3 is 0 Å². The Morgan fingerprint density at radius 3 is 2.87 bits per heavy atom. The van der Waals surface area contributed by atoms with Gasteiger partial charge in [0.05, 0.1) is 12.7 Å². The van der Waals surface area contributed by atoms with Crippen LogP contribution in [-0.2, 0) is 0 Å². The lowest BCUT2D eigenvalue weighted by Crippen LogP contribution is -2.04. The molecule has 15 heavy (non-hydrogen) atoms. The second-order valence-electron chi connectivity index (χ2n) is 3.92. The highest BCUT2D eigenvalue weighted by atomic mass is 16.5. The minimum atomic E-state index is 0.105. The van der Waals surface area contributed by atoms with Crippen LogP contribution < -0.4 is 4.74 Å². The van der Waals surface area contributed by atoms with Gasteiger partial charge in [0.2, 0.25) is 5.88 Å². The van der Waals surface area contributed by atoms with Crippen LogP contribution >= 0.6 is 0 Å². The minimum absolute atomic E-state index is 0.105. The molecule has 82 valence electrons. The number of hydrogen-bond acceptors (Lipinski definition) is 3. The van der Waals surface area contributed by atoms with Crippen molar-refractivity contribution in [3.05, 3.63) is 23.9 Å². The second kappa shape index (κ2) is 5.49. The van der Waals surface area contributed by atoms with E-state index in [2.05, 4.69) is 18.8 Å². The molecule has 0 spiro atoms. The van der Waals surface area contributed by atoms with Crippen molar-refractivity contribution in [2.24, 2.45) is 5.92 Å². The molecule has 0 aliphatic carbocycles. The summed E-state index contributed by atoms with van der Waals surface area (Å²) in [5.41, 5.74) is 0.584. The van der Waals surface area contributed by atoms with E-state index in [-0.39, 0.29) is 5.78 Å². The van der Waals surface area contributed by atoms with Crippen molar-refractivity contribution < 1.29 is 9.53 Å². The van der Waals surface area contributed by atoms with Crippen molar-refractivity contribution in [1.82, 2.24) is 4.98 Å². The van der Waals surface area contributed by atoms with E-state index in [1.165, 1.54) is 7.11 Å². The first-order chi connectivity index (χ1) is 7.15. The first kappa shape index (κ1) is 11.7. The van der Waals surface area contributed by atoms with Gasteiger partial charge in [-0.15, -0.1) is 0 Å². The van der Waals surface area contributed by atoms with Crippen molar-refractivity contribution in [2.75, 3.05) is 7.11 Å². The lowest BCUT2D eigenvalue weighted by atomic mass is 10.0. The zero-order chi connectivity index (χ0) is 11.3. The molecule has 3 heteroatoms. The number of ether oxygens (including phenoxy) is 1. The fourth-order valence-electron chi connectivity index (χ4n) is 1.32. The number of carbonyl (C=O) groups excluding carboxylic acids is 1. The maximum Gasteiger partial charge on any atom is 0.224 e. The van der Waals surface area contributed by atoms with E-state index in [0.717, 1.165) is 6.42 Å². The molecule has 0 aliphatic rings. The second-order valence-corrected chi connectivity index (χ2v) is 3.92. The van der Waals surface area contributed by atoms with Crippen LogP contribution in [0.5, 0.6) is 5.88 Å². The first-order valence-corrected chi connectivity index (χ1v) is 5.17. The van der Waals surface area contributed by atoms with E-state index < -0.39 is 0 Å². The Morgan fingerprint density at radius 1 is 1.53 bits per heavy atom. The molecule has 0 aromatic carbocycles. The number of Topliss-reactive ketones (excluding diaryl/α,β-unsaturated/α-hetero) is 1. The molecule has 1 heterocycles. The SMILES string of the molecule is COc1ncccc1C(=O)CCC(C)C. The third kappa shape index (κ3) is 3.35. The van der Waals surface area contributed by atoms with Gasteiger partial charge in [0, 0.05) is 12.6 Å². The number of ketones is 1. The Bertz CT molecular complexity index is 334. The summed E-state index contributed by atoms with van der Waals surface area (Å²) in [6.45, 7) is 4.21. The van der Waals surface area contributed by atoms with Gasteiger partial charge in [-0.1, -0.05) is 13.8 Å². The van der Waals surface area contributed by atoms with Crippen molar-refractivity contribution in [1.29, 1.82) is 0 Å². The predicted octanol–water partition coefficient (Wildman–Crippen LogP) is 2.71. The zero-order valence-electron chi connectivity index (χ0n) is 9.49. The summed E-state index contributed by atoms with van der Waals surface area (Å²) < 4.78 is 5.04. The predicted molar refractivity (Wildman–Crippen MR) is 59.2 cm³/mol. The molecule has 0 amide bonds. The summed E-state index contributed by atoms with van der Waals surface area (Å²) in [4.78, 5) is 15.8. The van der Waals surface area contributed by atoms with Crippen LogP contribution in [0.4, 0.5) is 0 Å². The topological polar surface area (TPSA) is 39.2 Å². The van der Waals surface area contributed by atoms with E-state index in [4.69, 9.17) is 4.74 Å². The first-order valence-electron chi connectivity index (χ1n) is 5.17. The summed E-state index contributed by atoms with van der Waals surface area (Å²) in [5, 5.41) is 0. The molecule has 0 N–H and O–H groups in total. The molecular formula is C12H17NO2. The lowest BCUT2D eigenvalue weighted by molar-refractivity contribution is 0.0971. The average Bonchev–Trinajstić information content (AvgIpc) is 2.25. The standard InChI is InChI=1S/C12H17NO2/c1-9(2)6-7-11(14)10-5-4-8-13-12(10)15-3/h4-5,8-9H,6-7H2,1-3H3. The molecular weight excluding hydrogens is 190 g/mol. The fourth-order valence-corrected chi connectivity index (χ4v) is 1.32. The highest BCUT2D eigenvalue weighted by molar-refractivity contribution is 5.98. The summed E-state index contributed by atoms with van der Waals surface area (Å²) in [6, 6.07) is 3.51. The fraction of sp³-hybridized carbons (Fsp3) is 0.500. The van der Waals surface area contributed by atoms with Crippen LogP contribution in [0.25, 0.3) is 0 Å². The smallest absolute Gasteiger partial charge is 0.224 e. The number of pyridine rings is 1. The largest absolute Gasteiger partial charge is 0.480 e. The molecule has 1 aromatic heterocycles. The number of hydrogen-bond donors (Lipinski definition) is 0. The van der Waals surface area contributed by atoms with Gasteiger partial charge in [-0.25, -0.2) is 4.98 Å². The number of nitrogens with zero attached hydrogens (tertiary/aromatic N) is 1. The van der Waals surface area contributed by atoms with Gasteiger partial charge in [0.1, 0.15) is 0 Å². The van der Waals surface area contributed by atoms with Crippen LogP contribution in [0.15, 0.2) is 18.3 Å². The van der Waals surface area contributed by atoms with Crippen LogP contribution in [0.3, 0.4) is 0 Å². The van der Waals surface area contributed by atoms with Crippen LogP contribution in [0, 0.1) is 5.92 Å². The Morgan fingerprint density at radius 2 is 2.27 bits per heavy atom. The minimum Gasteiger partial charge on any atom is -0.480 e. The van der Waals surface area contributed by atoms with Gasteiger partial charge in [-0.3, -0.25) is 4.79 Å². The molecule has 3 nitrogen and oxygen atoms in total. The highest BCUT2D eigenvalue weighted by Crippen LogP contribution is 2.17. The van der Waals surface area contributed by atoms with Crippen molar-refractivity contribution in [2.45, 2.75) is 26.7 Å². The Hall–Kier alpha value is -1.38. The van der Waals surface area contributed by atoms with E-state index in [1.807, 2.05) is 0 Å². The maximum atomic E-state index is 11.8. The number of carbonyl (C=O) groups is 1. The van der Waals surface area contributed by atoms with E-state index in [0.29, 0.717) is 23.8 Å². The highest BCUT2D eigenvalue weighted by Gasteiger charge is 2.12. The number of aromatic nitrogens is 1. The summed E-state index contributed by atoms with van der Waals surface area (Å²) in [6.07, 6.45) is 3.08. The van der Waals surface area contributed by atoms with Gasteiger partial charge in [-0.2, -0.15) is 0 Å². The molecule has 0 unspecified atom stereocenters. The Labute approximate surface area is 90.5 Å². The molecule has 0 fully saturated rings. The van der Waals surface area contributed by atoms with Crippen LogP contribution in [0.2, 0.25) is 0 Å². The van der Waals surface area contributed by atoms with E-state index in [9.17, 15) is 4.79 Å². The summed E-state index contributed by atoms with van der Waals surface area (Å²) in [5.74, 6) is 1.07. The van der Waals surface area contributed by atoms with Gasteiger partial charge in [0.15, 0.2) is 5.78 Å². The average molecular weight is 207 g/mol. The normalized spacial score (nSPS) is 10.4. The molecule has 1 rings (SSSR count). The number of rotatable bonds is 5. The summed E-state index contributed by atoms with van der Waals surface area (Å²) >= 11 is 0. The monoisotopic (exact) mass is 207 g/mol. The Balaban J connectivity index is 2.72. The van der Waals surface area contributed by atoms with Crippen molar-refractivity contribution in [3.8, 4) is 5.88 Å². The maximum absolute atomic E-state index is 11.8. The quantitative estimate of drug-likeness (QED) is 0.697. The zero-order valence-corrected chi connectivity index (χ0v) is 9.49. The molecule has 0 saturated carbocycles. The van der Waals surface area contributed by atoms with Crippen LogP contribution in [-0.4, -0.2) is 17.9 Å². The van der Waals surface area contributed by atoms with Gasteiger partial charge in [0.25, 0.3) is 0 Å². The Kier molecular flexibility index (Phi) is 4.28. The van der Waals surface area contributed by atoms with E-state index in [1.54, 1.807) is 18.3 Å². The third-order valence-electron chi connectivity index (χ3n) is 2.21.